The molecule has 0 aliphatic heterocycles. The van der Waals surface area contributed by atoms with Crippen LogP contribution in [0.15, 0.2) is 46.3 Å². The Morgan fingerprint density at radius 3 is 1.33 bits per heavy atom. The van der Waals surface area contributed by atoms with Crippen molar-refractivity contribution in [3.05, 3.63) is 46.3 Å². The van der Waals surface area contributed by atoms with Gasteiger partial charge >= 0.3 is 11.9 Å². The quantitative estimate of drug-likeness (QED) is 0.270. The van der Waals surface area contributed by atoms with Crippen molar-refractivity contribution in [3.63, 3.8) is 0 Å². The van der Waals surface area contributed by atoms with E-state index in [1.807, 2.05) is 0 Å². The molecular weight excluding hydrogens is 436 g/mol. The van der Waals surface area contributed by atoms with Crippen molar-refractivity contribution in [1.29, 1.82) is 0 Å². The third kappa shape index (κ3) is 6.12. The van der Waals surface area contributed by atoms with E-state index < -0.39 is 35.1 Å². The van der Waals surface area contributed by atoms with Gasteiger partial charge < -0.3 is 18.9 Å². The lowest BCUT2D eigenvalue weighted by atomic mass is 9.92. The smallest absolute Gasteiger partial charge is 0.308 e. The van der Waals surface area contributed by atoms with Gasteiger partial charge in [-0.3, -0.25) is 28.8 Å². The summed E-state index contributed by atoms with van der Waals surface area (Å²) in [6.07, 6.45) is 3.48. The minimum absolute atomic E-state index is 0.0305. The first-order valence-electron chi connectivity index (χ1n) is 10.1. The second kappa shape index (κ2) is 11.2. The predicted molar refractivity (Wildman–Crippen MR) is 111 cm³/mol. The first kappa shape index (κ1) is 25.4. The van der Waals surface area contributed by atoms with Gasteiger partial charge in [-0.25, -0.2) is 0 Å². The number of unbranched alkanes of at least 4 members (excludes halogenated alkanes) is 2. The highest BCUT2D eigenvalue weighted by Crippen LogP contribution is 2.28. The highest BCUT2D eigenvalue weighted by atomic mass is 16.5. The molecule has 0 radical (unpaired) electrons. The zero-order chi connectivity index (χ0) is 24.7. The first-order valence-corrected chi connectivity index (χ1v) is 10.1. The third-order valence-electron chi connectivity index (χ3n) is 4.80. The second-order valence-corrected chi connectivity index (χ2v) is 7.18. The van der Waals surface area contributed by atoms with Crippen molar-refractivity contribution in [2.24, 2.45) is 0 Å². The van der Waals surface area contributed by atoms with Gasteiger partial charge in [0.15, 0.2) is 23.0 Å². The molecule has 2 aliphatic carbocycles. The van der Waals surface area contributed by atoms with Gasteiger partial charge in [-0.1, -0.05) is 6.42 Å². The second-order valence-electron chi connectivity index (χ2n) is 7.18. The molecule has 0 heterocycles. The highest BCUT2D eigenvalue weighted by Gasteiger charge is 2.32. The summed E-state index contributed by atoms with van der Waals surface area (Å²) >= 11 is 0. The van der Waals surface area contributed by atoms with Crippen LogP contribution in [-0.4, -0.2) is 49.3 Å². The summed E-state index contributed by atoms with van der Waals surface area (Å²) in [5, 5.41) is 0. The van der Waals surface area contributed by atoms with Crippen LogP contribution in [0.25, 0.3) is 0 Å². The van der Waals surface area contributed by atoms with E-state index in [1.54, 1.807) is 0 Å². The number of rotatable bonds is 10. The maximum atomic E-state index is 12.5. The van der Waals surface area contributed by atoms with E-state index in [1.165, 1.54) is 14.2 Å². The van der Waals surface area contributed by atoms with Crippen molar-refractivity contribution >= 4 is 35.1 Å². The summed E-state index contributed by atoms with van der Waals surface area (Å²) in [6, 6.07) is 0. The normalized spacial score (nSPS) is 16.5. The molecule has 10 heteroatoms. The van der Waals surface area contributed by atoms with Crippen LogP contribution in [0.5, 0.6) is 0 Å². The number of methoxy groups -OCH3 is 2. The molecule has 0 amide bonds. The van der Waals surface area contributed by atoms with Crippen LogP contribution in [0.2, 0.25) is 0 Å². The van der Waals surface area contributed by atoms with Crippen molar-refractivity contribution in [3.8, 4) is 0 Å². The molecule has 0 aromatic rings. The lowest BCUT2D eigenvalue weighted by Crippen LogP contribution is -2.23. The minimum Gasteiger partial charge on any atom is -0.493 e. The summed E-state index contributed by atoms with van der Waals surface area (Å²) in [6.45, 7) is 2.25. The van der Waals surface area contributed by atoms with Crippen LogP contribution >= 0.6 is 0 Å². The molecule has 0 fully saturated rings. The number of hydrogen-bond donors (Lipinski definition) is 0. The fourth-order valence-electron chi connectivity index (χ4n) is 3.35. The predicted octanol–water partition coefficient (Wildman–Crippen LogP) is 1.94. The Bertz CT molecular complexity index is 953. The lowest BCUT2D eigenvalue weighted by molar-refractivity contribution is -0.140. The topological polar surface area (TPSA) is 139 Å². The van der Waals surface area contributed by atoms with Gasteiger partial charge in [0, 0.05) is 26.0 Å². The van der Waals surface area contributed by atoms with Gasteiger partial charge in [0.25, 0.3) is 0 Å². The largest absolute Gasteiger partial charge is 0.493 e. The standard InChI is InChI=1S/C23H24O10/c1-12(24)32-22-14(20(28)18(30-3)10-16(22)26)8-6-5-7-9-15-21(29)19(31-4)11-17(27)23(15)33-13(2)25/h10-11H,5-9H2,1-4H3. The van der Waals surface area contributed by atoms with Gasteiger partial charge in [0.1, 0.15) is 0 Å². The monoisotopic (exact) mass is 460 g/mol. The number of allylic oxidation sites excluding steroid dienone is 4. The lowest BCUT2D eigenvalue weighted by Gasteiger charge is -2.18. The molecule has 176 valence electrons. The molecule has 0 aromatic heterocycles. The van der Waals surface area contributed by atoms with E-state index in [4.69, 9.17) is 18.9 Å². The summed E-state index contributed by atoms with van der Waals surface area (Å²) in [5.74, 6) is -4.77. The summed E-state index contributed by atoms with van der Waals surface area (Å²) in [5.41, 5.74) is 0.0609. The van der Waals surface area contributed by atoms with Crippen LogP contribution in [0.1, 0.15) is 46.0 Å². The zero-order valence-electron chi connectivity index (χ0n) is 18.8. The van der Waals surface area contributed by atoms with Crippen molar-refractivity contribution < 1.29 is 47.7 Å². The number of ether oxygens (including phenoxy) is 4. The van der Waals surface area contributed by atoms with E-state index in [2.05, 4.69) is 0 Å². The van der Waals surface area contributed by atoms with Crippen LogP contribution in [0.4, 0.5) is 0 Å². The fourth-order valence-corrected chi connectivity index (χ4v) is 3.35. The Morgan fingerprint density at radius 2 is 1.03 bits per heavy atom. The number of carbonyl (C=O) groups is 6. The molecule has 0 unspecified atom stereocenters. The van der Waals surface area contributed by atoms with Crippen LogP contribution < -0.4 is 0 Å². The van der Waals surface area contributed by atoms with E-state index >= 15 is 0 Å². The molecule has 0 aromatic carbocycles. The Kier molecular flexibility index (Phi) is 8.61. The van der Waals surface area contributed by atoms with Crippen molar-refractivity contribution in [2.45, 2.75) is 46.0 Å². The molecule has 2 rings (SSSR count). The molecular formula is C23H24O10. The summed E-state index contributed by atoms with van der Waals surface area (Å²) < 4.78 is 19.8. The molecule has 0 N–H and O–H groups in total. The molecule has 0 saturated heterocycles. The van der Waals surface area contributed by atoms with E-state index in [0.717, 1.165) is 26.0 Å². The minimum atomic E-state index is -0.731. The van der Waals surface area contributed by atoms with Gasteiger partial charge in [-0.15, -0.1) is 0 Å². The van der Waals surface area contributed by atoms with E-state index in [-0.39, 0.29) is 47.0 Å². The molecule has 0 saturated carbocycles. The van der Waals surface area contributed by atoms with Gasteiger partial charge in [-0.05, 0) is 25.7 Å². The molecule has 10 nitrogen and oxygen atoms in total. The number of esters is 2. The molecule has 0 spiro atoms. The number of ketones is 4. The Morgan fingerprint density at radius 1 is 0.667 bits per heavy atom. The Balaban J connectivity index is 2.09. The van der Waals surface area contributed by atoms with Crippen molar-refractivity contribution in [2.75, 3.05) is 14.2 Å². The van der Waals surface area contributed by atoms with E-state index in [0.29, 0.717) is 19.3 Å². The summed E-state index contributed by atoms with van der Waals surface area (Å²) in [4.78, 5) is 72.2. The highest BCUT2D eigenvalue weighted by molar-refractivity contribution is 6.22. The average Bonchev–Trinajstić information content (AvgIpc) is 2.75. The summed E-state index contributed by atoms with van der Waals surface area (Å²) in [7, 11) is 2.51. The van der Waals surface area contributed by atoms with Crippen LogP contribution in [0.3, 0.4) is 0 Å². The Hall–Kier alpha value is -3.82. The maximum absolute atomic E-state index is 12.5. The van der Waals surface area contributed by atoms with Gasteiger partial charge in [0.2, 0.25) is 23.1 Å². The number of hydrogen-bond acceptors (Lipinski definition) is 10. The zero-order valence-corrected chi connectivity index (χ0v) is 18.8. The molecule has 0 bridgehead atoms. The van der Waals surface area contributed by atoms with Crippen molar-refractivity contribution in [1.82, 2.24) is 0 Å². The molecule has 2 aliphatic rings. The fraction of sp³-hybridized carbons (Fsp3) is 0.391. The van der Waals surface area contributed by atoms with E-state index in [9.17, 15) is 28.8 Å². The Labute approximate surface area is 189 Å². The first-order chi connectivity index (χ1) is 15.6. The number of carbonyl (C=O) groups excluding carboxylic acids is 6. The molecule has 33 heavy (non-hydrogen) atoms. The molecule has 0 atom stereocenters. The van der Waals surface area contributed by atoms with Crippen LogP contribution in [0, 0.1) is 0 Å². The maximum Gasteiger partial charge on any atom is 0.308 e. The van der Waals surface area contributed by atoms with Gasteiger partial charge in [0.05, 0.1) is 25.4 Å². The van der Waals surface area contributed by atoms with Gasteiger partial charge in [-0.2, -0.15) is 0 Å². The SMILES string of the molecule is COC1=CC(=O)C(OC(C)=O)=C(CCCCCC2=C(OC(C)=O)C(=O)C=C(OC)C2=O)C1=O. The third-order valence-corrected chi connectivity index (χ3v) is 4.80. The average molecular weight is 460 g/mol. The number of Topliss-reactive ketones (excluding diaryl/α,β-unsaturated/α-hetero) is 2. The van der Waals surface area contributed by atoms with Crippen LogP contribution in [-0.2, 0) is 47.7 Å².